The van der Waals surface area contributed by atoms with Crippen LogP contribution in [0.3, 0.4) is 0 Å². The van der Waals surface area contributed by atoms with Crippen molar-refractivity contribution in [3.05, 3.63) is 59.7 Å². The predicted molar refractivity (Wildman–Crippen MR) is 67.2 cm³/mol. The quantitative estimate of drug-likeness (QED) is 0.804. The lowest BCUT2D eigenvalue weighted by Gasteiger charge is -2.09. The van der Waals surface area contributed by atoms with E-state index in [1.165, 1.54) is 11.1 Å². The van der Waals surface area contributed by atoms with Crippen molar-refractivity contribution < 1.29 is 5.11 Å². The molecule has 0 heterocycles. The average Bonchev–Trinajstić information content (AvgIpc) is 2.30. The van der Waals surface area contributed by atoms with E-state index in [0.717, 1.165) is 11.1 Å². The summed E-state index contributed by atoms with van der Waals surface area (Å²) in [5.41, 5.74) is 4.60. The Hall–Kier alpha value is -1.60. The molecule has 1 nitrogen and oxygen atoms in total. The van der Waals surface area contributed by atoms with Gasteiger partial charge < -0.3 is 5.11 Å². The maximum atomic E-state index is 9.56. The predicted octanol–water partition coefficient (Wildman–Crippen LogP) is 3.72. The molecule has 0 aromatic heterocycles. The largest absolute Gasteiger partial charge is 0.389 e. The van der Waals surface area contributed by atoms with Gasteiger partial charge in [0.15, 0.2) is 0 Å². The summed E-state index contributed by atoms with van der Waals surface area (Å²) in [6.07, 6.45) is -0.413. The summed E-state index contributed by atoms with van der Waals surface area (Å²) in [6.45, 7) is 3.89. The molecule has 2 rings (SSSR count). The Balaban J connectivity index is 2.49. The fourth-order valence-corrected chi connectivity index (χ4v) is 1.86. The van der Waals surface area contributed by atoms with E-state index >= 15 is 0 Å². The van der Waals surface area contributed by atoms with Crippen molar-refractivity contribution >= 4 is 0 Å². The van der Waals surface area contributed by atoms with Crippen LogP contribution in [0.15, 0.2) is 48.5 Å². The van der Waals surface area contributed by atoms with Gasteiger partial charge in [-0.3, -0.25) is 0 Å². The molecule has 0 aliphatic heterocycles. The molecule has 82 valence electrons. The van der Waals surface area contributed by atoms with E-state index in [-0.39, 0.29) is 0 Å². The van der Waals surface area contributed by atoms with Crippen LogP contribution in [0.25, 0.3) is 11.1 Å². The summed E-state index contributed by atoms with van der Waals surface area (Å²) in [4.78, 5) is 0. The summed E-state index contributed by atoms with van der Waals surface area (Å²) in [6, 6.07) is 16.4. The monoisotopic (exact) mass is 212 g/mol. The van der Waals surface area contributed by atoms with Gasteiger partial charge in [-0.05, 0) is 42.2 Å². The molecular formula is C15H16O. The number of benzene rings is 2. The Bertz CT molecular complexity index is 486. The first-order valence-corrected chi connectivity index (χ1v) is 5.52. The van der Waals surface area contributed by atoms with Gasteiger partial charge in [0.2, 0.25) is 0 Å². The van der Waals surface area contributed by atoms with Crippen LogP contribution in [0.5, 0.6) is 0 Å². The van der Waals surface area contributed by atoms with Crippen LogP contribution in [-0.4, -0.2) is 5.11 Å². The first-order valence-electron chi connectivity index (χ1n) is 5.52. The van der Waals surface area contributed by atoms with E-state index in [4.69, 9.17) is 0 Å². The molecule has 1 N–H and O–H groups in total. The normalized spacial score (nSPS) is 12.4. The van der Waals surface area contributed by atoms with Crippen LogP contribution < -0.4 is 0 Å². The SMILES string of the molecule is Cc1ccccc1-c1cccc([C@@H](C)O)c1. The first-order chi connectivity index (χ1) is 7.68. The second-order valence-electron chi connectivity index (χ2n) is 4.12. The highest BCUT2D eigenvalue weighted by Crippen LogP contribution is 2.25. The van der Waals surface area contributed by atoms with Gasteiger partial charge in [-0.2, -0.15) is 0 Å². The molecular weight excluding hydrogens is 196 g/mol. The van der Waals surface area contributed by atoms with E-state index < -0.39 is 6.10 Å². The molecule has 1 atom stereocenters. The maximum absolute atomic E-state index is 9.56. The molecule has 0 amide bonds. The number of aryl methyl sites for hydroxylation is 1. The Kier molecular flexibility index (Phi) is 3.07. The Morgan fingerprint density at radius 3 is 2.44 bits per heavy atom. The van der Waals surface area contributed by atoms with Crippen LogP contribution in [-0.2, 0) is 0 Å². The lowest BCUT2D eigenvalue weighted by molar-refractivity contribution is 0.199. The summed E-state index contributed by atoms with van der Waals surface area (Å²) in [7, 11) is 0. The second kappa shape index (κ2) is 4.50. The zero-order valence-corrected chi connectivity index (χ0v) is 9.64. The molecule has 0 saturated heterocycles. The van der Waals surface area contributed by atoms with Crippen molar-refractivity contribution in [2.75, 3.05) is 0 Å². The number of aliphatic hydroxyl groups is 1. The zero-order valence-electron chi connectivity index (χ0n) is 9.64. The molecule has 1 heteroatoms. The minimum absolute atomic E-state index is 0.413. The molecule has 0 aliphatic rings. The van der Waals surface area contributed by atoms with Crippen molar-refractivity contribution in [3.8, 4) is 11.1 Å². The molecule has 0 saturated carbocycles. The van der Waals surface area contributed by atoms with Gasteiger partial charge in [-0.25, -0.2) is 0 Å². The highest BCUT2D eigenvalue weighted by molar-refractivity contribution is 5.67. The Labute approximate surface area is 96.4 Å². The fourth-order valence-electron chi connectivity index (χ4n) is 1.86. The molecule has 2 aromatic carbocycles. The standard InChI is InChI=1S/C15H16O/c1-11-6-3-4-9-15(11)14-8-5-7-13(10-14)12(2)16/h3-10,12,16H,1-2H3/t12-/m1/s1. The molecule has 16 heavy (non-hydrogen) atoms. The van der Waals surface area contributed by atoms with E-state index in [0.29, 0.717) is 0 Å². The van der Waals surface area contributed by atoms with Crippen LogP contribution in [0.4, 0.5) is 0 Å². The van der Waals surface area contributed by atoms with Crippen molar-refractivity contribution in [2.45, 2.75) is 20.0 Å². The third kappa shape index (κ3) is 2.15. The van der Waals surface area contributed by atoms with Gasteiger partial charge in [0.25, 0.3) is 0 Å². The van der Waals surface area contributed by atoms with Gasteiger partial charge in [0, 0.05) is 0 Å². The lowest BCUT2D eigenvalue weighted by atomic mass is 9.98. The second-order valence-corrected chi connectivity index (χ2v) is 4.12. The van der Waals surface area contributed by atoms with E-state index in [1.807, 2.05) is 30.3 Å². The summed E-state index contributed by atoms with van der Waals surface area (Å²) in [5.74, 6) is 0. The maximum Gasteiger partial charge on any atom is 0.0762 e. The van der Waals surface area contributed by atoms with Crippen LogP contribution in [0, 0.1) is 6.92 Å². The third-order valence-corrected chi connectivity index (χ3v) is 2.83. The highest BCUT2D eigenvalue weighted by atomic mass is 16.3. The van der Waals surface area contributed by atoms with Crippen LogP contribution >= 0.6 is 0 Å². The van der Waals surface area contributed by atoms with Crippen molar-refractivity contribution in [3.63, 3.8) is 0 Å². The van der Waals surface area contributed by atoms with Crippen LogP contribution in [0.2, 0.25) is 0 Å². The van der Waals surface area contributed by atoms with Gasteiger partial charge in [-0.1, -0.05) is 42.5 Å². The van der Waals surface area contributed by atoms with Crippen molar-refractivity contribution in [1.82, 2.24) is 0 Å². The minimum Gasteiger partial charge on any atom is -0.389 e. The van der Waals surface area contributed by atoms with Gasteiger partial charge in [0.05, 0.1) is 6.10 Å². The van der Waals surface area contributed by atoms with E-state index in [2.05, 4.69) is 25.1 Å². The Morgan fingerprint density at radius 2 is 1.75 bits per heavy atom. The van der Waals surface area contributed by atoms with E-state index in [1.54, 1.807) is 6.92 Å². The summed E-state index contributed by atoms with van der Waals surface area (Å²) in [5, 5.41) is 9.56. The molecule has 0 spiro atoms. The summed E-state index contributed by atoms with van der Waals surface area (Å²) >= 11 is 0. The Morgan fingerprint density at radius 1 is 1.00 bits per heavy atom. The topological polar surface area (TPSA) is 20.2 Å². The van der Waals surface area contributed by atoms with E-state index in [9.17, 15) is 5.11 Å². The van der Waals surface area contributed by atoms with Crippen molar-refractivity contribution in [1.29, 1.82) is 0 Å². The number of aliphatic hydroxyl groups excluding tert-OH is 1. The van der Waals surface area contributed by atoms with Gasteiger partial charge in [-0.15, -0.1) is 0 Å². The first kappa shape index (κ1) is 10.9. The number of hydrogen-bond donors (Lipinski definition) is 1. The van der Waals surface area contributed by atoms with Gasteiger partial charge >= 0.3 is 0 Å². The molecule has 0 unspecified atom stereocenters. The minimum atomic E-state index is -0.413. The lowest BCUT2D eigenvalue weighted by Crippen LogP contribution is -1.91. The molecule has 0 aliphatic carbocycles. The highest BCUT2D eigenvalue weighted by Gasteiger charge is 2.04. The number of hydrogen-bond acceptors (Lipinski definition) is 1. The van der Waals surface area contributed by atoms with Crippen molar-refractivity contribution in [2.24, 2.45) is 0 Å². The molecule has 0 radical (unpaired) electrons. The molecule has 0 bridgehead atoms. The third-order valence-electron chi connectivity index (χ3n) is 2.83. The molecule has 0 fully saturated rings. The summed E-state index contributed by atoms with van der Waals surface area (Å²) < 4.78 is 0. The zero-order chi connectivity index (χ0) is 11.5. The average molecular weight is 212 g/mol. The fraction of sp³-hybridized carbons (Fsp3) is 0.200. The van der Waals surface area contributed by atoms with Gasteiger partial charge in [0.1, 0.15) is 0 Å². The number of rotatable bonds is 2. The molecule has 2 aromatic rings. The smallest absolute Gasteiger partial charge is 0.0762 e. The van der Waals surface area contributed by atoms with Crippen LogP contribution in [0.1, 0.15) is 24.2 Å².